The van der Waals surface area contributed by atoms with E-state index in [0.717, 1.165) is 103 Å². The van der Waals surface area contributed by atoms with E-state index < -0.39 is 233 Å². The maximum atomic E-state index is 13.1. The minimum atomic E-state index is -2.00. The van der Waals surface area contributed by atoms with Gasteiger partial charge in [0.25, 0.3) is 0 Å². The van der Waals surface area contributed by atoms with Crippen LogP contribution in [0.15, 0.2) is 24.3 Å². The van der Waals surface area contributed by atoms with Crippen molar-refractivity contribution in [1.82, 2.24) is 0 Å². The van der Waals surface area contributed by atoms with Crippen molar-refractivity contribution >= 4 is 83.6 Å². The normalized spacial score (nSPS) is 30.3. The molecule has 0 spiro atoms. The second-order valence-electron chi connectivity index (χ2n) is 21.0. The summed E-state index contributed by atoms with van der Waals surface area (Å²) in [5.41, 5.74) is 0. The van der Waals surface area contributed by atoms with Gasteiger partial charge in [-0.15, -0.1) is 0 Å². The highest BCUT2D eigenvalue weighted by Crippen LogP contribution is 2.39. The summed E-state index contributed by atoms with van der Waals surface area (Å²) >= 11 is 0. The Morgan fingerprint density at radius 3 is 0.713 bits per heavy atom. The molecule has 1 aromatic carbocycles. The van der Waals surface area contributed by atoms with E-state index >= 15 is 0 Å². The van der Waals surface area contributed by atoms with Gasteiger partial charge in [0, 0.05) is 103 Å². The third-order valence-electron chi connectivity index (χ3n) is 13.1. The number of hydrogen-bond donors (Lipinski definition) is 0. The quantitative estimate of drug-likeness (QED) is 0.0847. The fraction of sp³-hybridized carbons (Fsp3) is 0.655. The van der Waals surface area contributed by atoms with Gasteiger partial charge in [-0.25, -0.2) is 0 Å². The molecule has 0 unspecified atom stereocenters. The highest BCUT2D eigenvalue weighted by atomic mass is 16.8. The number of esters is 14. The predicted octanol–water partition coefficient (Wildman–Crippen LogP) is -0.316. The largest absolute Gasteiger partial charge is 0.463 e. The fourth-order valence-electron chi connectivity index (χ4n) is 10.0. The molecule has 5 rings (SSSR count). The summed E-state index contributed by atoms with van der Waals surface area (Å²) in [5.74, 6) is -14.2. The van der Waals surface area contributed by atoms with Gasteiger partial charge in [-0.05, 0) is 12.1 Å². The topological polar surface area (TPSA) is 442 Å². The van der Waals surface area contributed by atoms with Gasteiger partial charge >= 0.3 is 83.6 Å². The van der Waals surface area contributed by atoms with E-state index in [1.54, 1.807) is 0 Å². The average molecular weight is 1350 g/mol. The van der Waals surface area contributed by atoms with Crippen LogP contribution in [0.1, 0.15) is 96.9 Å². The van der Waals surface area contributed by atoms with E-state index in [2.05, 4.69) is 0 Å². The van der Waals surface area contributed by atoms with Crippen LogP contribution >= 0.6 is 0 Å². The van der Waals surface area contributed by atoms with E-state index in [0.29, 0.717) is 0 Å². The first-order valence-corrected chi connectivity index (χ1v) is 28.7. The SMILES string of the molecule is CC(=O)OC[C@H]1O[C@@H](O[C@H]2[C@H](OC(C)=O)[C@@H](OC(C)=O)[C@H](Oc3cccc(O[C@@H]4O[C@H](COC(C)=O)[C@@H](O[C@@H]5O[C@H](COC(C)=O)[C@@H](OC(C)=O)[C@H](OC(C)=O)[C@H]5OC(C)=O)[C@H](OC(C)=O)[C@H]4OC(C)=O)c3)O[C@@H]2COC(C)=O)[C@H](OC(C)=O)[C@@H](OC(C)=O)[C@@H]1OC(C)=O. The van der Waals surface area contributed by atoms with E-state index in [4.69, 9.17) is 104 Å². The molecule has 0 saturated carbocycles. The Labute approximate surface area is 535 Å². The molecule has 4 aliphatic rings. The van der Waals surface area contributed by atoms with Gasteiger partial charge in [-0.2, -0.15) is 0 Å². The molecule has 4 heterocycles. The first kappa shape index (κ1) is 75.9. The van der Waals surface area contributed by atoms with Gasteiger partial charge in [0.1, 0.15) is 74.6 Å². The zero-order chi connectivity index (χ0) is 70.0. The second kappa shape index (κ2) is 34.9. The summed E-state index contributed by atoms with van der Waals surface area (Å²) in [6.45, 7) is 10.8. The van der Waals surface area contributed by atoms with Gasteiger partial charge in [-0.1, -0.05) is 6.07 Å². The third kappa shape index (κ3) is 22.7. The number of ether oxygens (including phenoxy) is 22. The standard InChI is InChI=1S/C58H74O36/c1-23(59)73-19-39-43(77-27(5)63)47(79-29(7)65)53(85-35(13)71)57(91-39)93-45-41(21-75-25(3)61)89-55(51(83-33(11)69)49(45)81-31(9)67)87-37-16-15-17-38(18-37)88-56-52(84-34(12)70)50(82-32(10)68)46(42(90-56)22-76-26(4)62)94-58-54(86-36(14)72)48(80-30(8)66)44(78-28(6)64)40(92-58)20-74-24(2)60/h15-18,39-58H,19-22H2,1-14H3/t39-,40-,41-,42-,43-,44-,45-,46-,47+,48+,49+,50+,51-,52-,53-,54-,55-,56-,57+,58+/m1/s1. The molecule has 0 bridgehead atoms. The maximum Gasteiger partial charge on any atom is 0.303 e. The van der Waals surface area contributed by atoms with Crippen molar-refractivity contribution in [2.75, 3.05) is 26.4 Å². The van der Waals surface area contributed by atoms with Gasteiger partial charge in [-0.3, -0.25) is 67.1 Å². The number of benzene rings is 1. The Morgan fingerprint density at radius 2 is 0.468 bits per heavy atom. The minimum absolute atomic E-state index is 0.246. The highest BCUT2D eigenvalue weighted by molar-refractivity contribution is 5.71. The molecule has 4 fully saturated rings. The van der Waals surface area contributed by atoms with Crippen LogP contribution in [0.5, 0.6) is 11.5 Å². The lowest BCUT2D eigenvalue weighted by molar-refractivity contribution is -0.355. The van der Waals surface area contributed by atoms with Crippen molar-refractivity contribution in [2.24, 2.45) is 0 Å². The molecule has 0 N–H and O–H groups in total. The Kier molecular flexibility index (Phi) is 28.2. The molecule has 36 heteroatoms. The molecule has 1 aromatic rings. The van der Waals surface area contributed by atoms with Crippen LogP contribution in [0, 0.1) is 0 Å². The molecule has 0 radical (unpaired) electrons. The summed E-state index contributed by atoms with van der Waals surface area (Å²) in [7, 11) is 0. The van der Waals surface area contributed by atoms with Crippen LogP contribution in [0.25, 0.3) is 0 Å². The summed E-state index contributed by atoms with van der Waals surface area (Å²) in [6, 6.07) is 5.09. The Balaban J connectivity index is 1.60. The van der Waals surface area contributed by atoms with E-state index in [9.17, 15) is 67.1 Å². The fourth-order valence-corrected chi connectivity index (χ4v) is 10.0. The molecule has 0 amide bonds. The molecular formula is C58H74O36. The number of carbonyl (C=O) groups is 14. The first-order chi connectivity index (χ1) is 44.1. The van der Waals surface area contributed by atoms with E-state index in [1.807, 2.05) is 0 Å². The summed E-state index contributed by atoms with van der Waals surface area (Å²) in [6.07, 6.45) is -36.3. The lowest BCUT2D eigenvalue weighted by Crippen LogP contribution is -2.67. The van der Waals surface area contributed by atoms with Gasteiger partial charge < -0.3 is 104 Å². The lowest BCUT2D eigenvalue weighted by Gasteiger charge is -2.48. The Bertz CT molecular complexity index is 2740. The van der Waals surface area contributed by atoms with Crippen molar-refractivity contribution in [1.29, 1.82) is 0 Å². The maximum absolute atomic E-state index is 13.1. The van der Waals surface area contributed by atoms with Gasteiger partial charge in [0.15, 0.2) is 61.4 Å². The van der Waals surface area contributed by atoms with Crippen molar-refractivity contribution in [3.8, 4) is 11.5 Å². The first-order valence-electron chi connectivity index (χ1n) is 28.7. The number of carbonyl (C=O) groups excluding carboxylic acids is 14. The van der Waals surface area contributed by atoms with Crippen LogP contribution < -0.4 is 9.47 Å². The second-order valence-corrected chi connectivity index (χ2v) is 21.0. The van der Waals surface area contributed by atoms with Crippen LogP contribution in [0.2, 0.25) is 0 Å². The van der Waals surface area contributed by atoms with E-state index in [-0.39, 0.29) is 11.5 Å². The molecule has 0 aromatic heterocycles. The highest BCUT2D eigenvalue weighted by Gasteiger charge is 2.60. The summed E-state index contributed by atoms with van der Waals surface area (Å²) in [4.78, 5) is 177. The van der Waals surface area contributed by atoms with Crippen LogP contribution in [0.3, 0.4) is 0 Å². The van der Waals surface area contributed by atoms with Crippen molar-refractivity contribution in [3.63, 3.8) is 0 Å². The molecule has 4 aliphatic heterocycles. The molecule has 4 saturated heterocycles. The van der Waals surface area contributed by atoms with Crippen molar-refractivity contribution in [3.05, 3.63) is 24.3 Å². The molecule has 94 heavy (non-hydrogen) atoms. The zero-order valence-electron chi connectivity index (χ0n) is 53.4. The number of rotatable bonds is 26. The van der Waals surface area contributed by atoms with E-state index in [1.165, 1.54) is 18.2 Å². The third-order valence-corrected chi connectivity index (χ3v) is 13.1. The zero-order valence-corrected chi connectivity index (χ0v) is 53.4. The molecule has 20 atom stereocenters. The average Bonchev–Trinajstić information content (AvgIpc) is 0.781. The Morgan fingerprint density at radius 1 is 0.266 bits per heavy atom. The van der Waals surface area contributed by atoms with Crippen molar-refractivity contribution < 1.29 is 171 Å². The molecular weight excluding hydrogens is 1270 g/mol. The van der Waals surface area contributed by atoms with Crippen molar-refractivity contribution in [2.45, 2.75) is 220 Å². The molecule has 0 aliphatic carbocycles. The molecule has 36 nitrogen and oxygen atoms in total. The lowest BCUT2D eigenvalue weighted by atomic mass is 9.96. The van der Waals surface area contributed by atoms with Gasteiger partial charge in [0.05, 0.1) is 0 Å². The summed E-state index contributed by atoms with van der Waals surface area (Å²) in [5, 5.41) is 0. The number of hydrogen-bond acceptors (Lipinski definition) is 36. The predicted molar refractivity (Wildman–Crippen MR) is 294 cm³/mol. The van der Waals surface area contributed by atoms with Crippen LogP contribution in [0.4, 0.5) is 0 Å². The smallest absolute Gasteiger partial charge is 0.303 e. The summed E-state index contributed by atoms with van der Waals surface area (Å²) < 4.78 is 128. The van der Waals surface area contributed by atoms with Gasteiger partial charge in [0.2, 0.25) is 24.8 Å². The Hall–Kier alpha value is -8.84. The monoisotopic (exact) mass is 1350 g/mol. The van der Waals surface area contributed by atoms with Crippen LogP contribution in [-0.4, -0.2) is 233 Å². The minimum Gasteiger partial charge on any atom is -0.463 e. The molecule has 522 valence electrons. The van der Waals surface area contributed by atoms with Crippen LogP contribution in [-0.2, 0) is 162 Å².